The van der Waals surface area contributed by atoms with Crippen LogP contribution in [0.2, 0.25) is 0 Å². The molecule has 1 rings (SSSR count). The Morgan fingerprint density at radius 1 is 1.56 bits per heavy atom. The number of carboxylic acids is 1. The van der Waals surface area contributed by atoms with E-state index in [2.05, 4.69) is 0 Å². The van der Waals surface area contributed by atoms with Crippen molar-refractivity contribution in [3.63, 3.8) is 0 Å². The Balaban J connectivity index is 0.00000225. The summed E-state index contributed by atoms with van der Waals surface area (Å²) in [5, 5.41) is 10.7. The predicted molar refractivity (Wildman–Crippen MR) is 51.4 cm³/mol. The molecule has 0 aromatic heterocycles. The zero-order valence-electron chi connectivity index (χ0n) is 8.28. The van der Waals surface area contributed by atoms with Gasteiger partial charge in [0.1, 0.15) is 11.9 Å². The standard InChI is InChI=1S/C10H11FNO3.Fm/c11-8-4-2-1-3-7(8)5-9(10(14)15)12-6-13;/h3-4,9H,1-2,5H2,(H,12,13)(H,14,15);/q-1;/t9-;/m0./s1. The van der Waals surface area contributed by atoms with Crippen molar-refractivity contribution in [3.8, 4) is 0 Å². The molecule has 0 spiro atoms. The fourth-order valence-electron chi connectivity index (χ4n) is 1.37. The molecule has 16 heavy (non-hydrogen) atoms. The third-order valence-corrected chi connectivity index (χ3v) is 2.14. The molecular weight excluding hydrogens is 458 g/mol. The van der Waals surface area contributed by atoms with E-state index in [1.54, 1.807) is 6.08 Å². The number of amides is 1. The molecule has 94 valence electrons. The first-order chi connectivity index (χ1) is 7.15. The molecule has 6 heteroatoms. The van der Waals surface area contributed by atoms with Crippen LogP contribution in [0.4, 0.5) is 4.39 Å². The summed E-state index contributed by atoms with van der Waals surface area (Å²) in [7, 11) is 0. The minimum atomic E-state index is -1.20. The summed E-state index contributed by atoms with van der Waals surface area (Å²) in [5.41, 5.74) is 0.330. The van der Waals surface area contributed by atoms with Crippen LogP contribution >= 0.6 is 0 Å². The molecule has 4 nitrogen and oxygen atoms in total. The number of hydrogen-bond donors (Lipinski definition) is 2. The summed E-state index contributed by atoms with van der Waals surface area (Å²) in [4.78, 5) is 20.7. The van der Waals surface area contributed by atoms with Gasteiger partial charge in [-0.25, -0.2) is 4.39 Å². The maximum Gasteiger partial charge on any atom is 0.323 e. The number of aliphatic carboxylic acids is 1. The fourth-order valence-corrected chi connectivity index (χ4v) is 1.37. The Morgan fingerprint density at radius 3 is 2.69 bits per heavy atom. The molecule has 0 aliphatic heterocycles. The van der Waals surface area contributed by atoms with Gasteiger partial charge in [-0.3, -0.25) is 4.79 Å². The normalized spacial score (nSPS) is 16.3. The predicted octanol–water partition coefficient (Wildman–Crippen LogP) is 1.06. The molecule has 1 aliphatic carbocycles. The van der Waals surface area contributed by atoms with Crippen LogP contribution in [-0.4, -0.2) is 23.5 Å². The largest absolute Gasteiger partial charge is 0.520 e. The molecule has 0 heterocycles. The van der Waals surface area contributed by atoms with Gasteiger partial charge in [0, 0.05) is 6.42 Å². The number of carboxylic acid groups (broad SMARTS) is 1. The van der Waals surface area contributed by atoms with Crippen molar-refractivity contribution >= 4 is 12.4 Å². The number of allylic oxidation sites excluding steroid dienone is 3. The van der Waals surface area contributed by atoms with Crippen LogP contribution in [0, 0.1) is 0 Å². The Kier molecular flexibility index (Phi) is 4.97. The summed E-state index contributed by atoms with van der Waals surface area (Å²) in [6.07, 6.45) is 5.64. The van der Waals surface area contributed by atoms with Gasteiger partial charge in [-0.15, -0.1) is 0 Å². The summed E-state index contributed by atoms with van der Waals surface area (Å²) in [6.45, 7) is 0. The number of carbonyl (C=O) groups excluding carboxylic acids is 1. The van der Waals surface area contributed by atoms with Gasteiger partial charge in [-0.05, 0) is 24.5 Å². The Morgan fingerprint density at radius 2 is 2.19 bits per heavy atom. The summed E-state index contributed by atoms with van der Waals surface area (Å²) >= 11 is 0. The van der Waals surface area contributed by atoms with Gasteiger partial charge in [0.25, 0.3) is 0 Å². The van der Waals surface area contributed by atoms with Crippen molar-refractivity contribution < 1.29 is 19.1 Å². The topological polar surface area (TPSA) is 66.4 Å². The first-order valence-corrected chi connectivity index (χ1v) is 4.55. The fraction of sp³-hybridized carbons (Fsp3) is 0.400. The van der Waals surface area contributed by atoms with Crippen molar-refractivity contribution in [3.05, 3.63) is 23.6 Å². The van der Waals surface area contributed by atoms with Crippen LogP contribution < -0.4 is 5.32 Å². The number of nitrogens with one attached hydrogen (secondary N) is 1. The molecule has 1 aliphatic rings. The first-order valence-electron chi connectivity index (χ1n) is 4.55. The average Bonchev–Trinajstić information content (AvgIpc) is 2.20. The van der Waals surface area contributed by atoms with E-state index in [0.29, 0.717) is 18.4 Å². The Labute approximate surface area is 86.5 Å². The molecule has 0 saturated carbocycles. The quantitative estimate of drug-likeness (QED) is 0.468. The molecule has 1 amide bonds. The van der Waals surface area contributed by atoms with Crippen LogP contribution in [-0.2, 0) is 9.59 Å². The molecular formula is C10H11FFmNO3-. The summed E-state index contributed by atoms with van der Waals surface area (Å²) in [6, 6.07) is -1.12. The second-order valence-corrected chi connectivity index (χ2v) is 3.20. The van der Waals surface area contributed by atoms with Crippen LogP contribution in [0.5, 0.6) is 0 Å². The van der Waals surface area contributed by atoms with E-state index in [4.69, 9.17) is 5.11 Å². The third-order valence-electron chi connectivity index (χ3n) is 2.14. The molecule has 0 fully saturated rings. The summed E-state index contributed by atoms with van der Waals surface area (Å²) in [5.74, 6) is -1.60. The van der Waals surface area contributed by atoms with Gasteiger partial charge in [0.15, 0.2) is 0 Å². The van der Waals surface area contributed by atoms with Crippen molar-refractivity contribution in [1.29, 1.82) is 0 Å². The smallest absolute Gasteiger partial charge is 0.323 e. The Hall–Kier alpha value is -2.65. The van der Waals surface area contributed by atoms with Gasteiger partial charge in [-0.2, -0.15) is 6.41 Å². The molecule has 0 saturated heterocycles. The minimum absolute atomic E-state index is 0. The Bertz CT molecular complexity index is 328. The van der Waals surface area contributed by atoms with E-state index in [0.717, 1.165) is 0 Å². The molecule has 0 radical (unpaired) electrons. The minimum Gasteiger partial charge on any atom is -0.520 e. The average molecular weight is 469 g/mol. The molecule has 0 aromatic carbocycles. The number of halogens is 1. The third kappa shape index (κ3) is 3.25. The number of rotatable bonds is 5. The van der Waals surface area contributed by atoms with Crippen molar-refractivity contribution in [1.82, 2.24) is 5.32 Å². The monoisotopic (exact) mass is 469 g/mol. The van der Waals surface area contributed by atoms with Gasteiger partial charge in [0.2, 0.25) is 0 Å². The van der Waals surface area contributed by atoms with Crippen LogP contribution in [0.1, 0.15) is 19.3 Å². The van der Waals surface area contributed by atoms with Gasteiger partial charge in [-0.1, -0.05) is 6.08 Å². The maximum atomic E-state index is 13.2. The van der Waals surface area contributed by atoms with Gasteiger partial charge < -0.3 is 15.2 Å². The van der Waals surface area contributed by atoms with E-state index in [9.17, 15) is 14.0 Å². The van der Waals surface area contributed by atoms with E-state index in [-0.39, 0.29) is 6.42 Å². The summed E-state index contributed by atoms with van der Waals surface area (Å²) < 4.78 is 13.2. The zero-order valence-corrected chi connectivity index (χ0v) is 10.7. The number of carbonyl (C=O) groups is 1. The second kappa shape index (κ2) is 5.95. The van der Waals surface area contributed by atoms with E-state index >= 15 is 0 Å². The van der Waals surface area contributed by atoms with Crippen LogP contribution in [0.25, 0.3) is 0 Å². The molecule has 2 N–H and O–H groups in total. The van der Waals surface area contributed by atoms with Crippen molar-refractivity contribution in [2.75, 3.05) is 0 Å². The van der Waals surface area contributed by atoms with Crippen LogP contribution in [0.15, 0.2) is 23.6 Å². The SMILES string of the molecule is O=[C-]N[C@@H](CC1=CCCC=C1F)C(=O)O.[Fm]. The van der Waals surface area contributed by atoms with Crippen LogP contribution in [0.3, 0.4) is 0 Å². The zero-order chi connectivity index (χ0) is 11.3. The number of hydrogen-bond acceptors (Lipinski definition) is 2. The van der Waals surface area contributed by atoms with E-state index in [1.807, 2.05) is 5.32 Å². The molecule has 0 bridgehead atoms. The molecule has 0 aromatic rings. The van der Waals surface area contributed by atoms with Crippen molar-refractivity contribution in [2.24, 2.45) is 0 Å². The van der Waals surface area contributed by atoms with Gasteiger partial charge >= 0.3 is 5.97 Å². The van der Waals surface area contributed by atoms with Crippen molar-refractivity contribution in [2.45, 2.75) is 25.3 Å². The first kappa shape index (κ1) is 13.4. The maximum absolute atomic E-state index is 13.2. The second-order valence-electron chi connectivity index (χ2n) is 3.20. The van der Waals surface area contributed by atoms with E-state index in [1.165, 1.54) is 12.5 Å². The molecule has 1 atom stereocenters. The van der Waals surface area contributed by atoms with Gasteiger partial charge in [0.05, 0.1) is 0 Å². The molecule has 0 unspecified atom stereocenters. The van der Waals surface area contributed by atoms with E-state index < -0.39 is 17.8 Å².